The second-order valence-electron chi connectivity index (χ2n) is 8.19. The monoisotopic (exact) mass is 604 g/mol. The summed E-state index contributed by atoms with van der Waals surface area (Å²) < 4.78 is 0. The highest BCUT2D eigenvalue weighted by atomic mass is 33.1. The van der Waals surface area contributed by atoms with Gasteiger partial charge in [0, 0.05) is 34.4 Å². The van der Waals surface area contributed by atoms with Crippen molar-refractivity contribution in [2.45, 2.75) is 9.79 Å². The van der Waals surface area contributed by atoms with E-state index in [9.17, 15) is 40.5 Å². The van der Waals surface area contributed by atoms with E-state index in [0.717, 1.165) is 21.9 Å². The molecular weight excluding hydrogens is 588 g/mol. The largest absolute Gasteiger partial charge is 0.285 e. The maximum Gasteiger partial charge on any atom is 0.285 e. The Hall–Kier alpha value is -5.48. The van der Waals surface area contributed by atoms with Crippen LogP contribution in [0.1, 0.15) is 11.1 Å². The van der Waals surface area contributed by atoms with E-state index in [1.54, 1.807) is 24.3 Å². The lowest BCUT2D eigenvalue weighted by Gasteiger charge is -2.03. The zero-order valence-corrected chi connectivity index (χ0v) is 22.6. The van der Waals surface area contributed by atoms with Gasteiger partial charge in [0.2, 0.25) is 0 Å². The molecule has 0 saturated heterocycles. The molecule has 0 bridgehead atoms. The van der Waals surface area contributed by atoms with Crippen LogP contribution in [0.2, 0.25) is 0 Å². The molecule has 0 saturated carbocycles. The van der Waals surface area contributed by atoms with Crippen LogP contribution in [0.4, 0.5) is 34.1 Å². The van der Waals surface area contributed by atoms with Crippen LogP contribution in [0.3, 0.4) is 0 Å². The Morgan fingerprint density at radius 1 is 0.500 bits per heavy atom. The van der Waals surface area contributed by atoms with E-state index in [0.29, 0.717) is 11.4 Å². The Labute approximate surface area is 243 Å². The number of aliphatic imine (C=N–C) groups is 2. The van der Waals surface area contributed by atoms with E-state index in [-0.39, 0.29) is 22.5 Å². The fraction of sp³-hybridized carbons (Fsp3) is 0. The second kappa shape index (κ2) is 13.2. The lowest BCUT2D eigenvalue weighted by Crippen LogP contribution is -1.97. The van der Waals surface area contributed by atoms with E-state index in [4.69, 9.17) is 0 Å². The fourth-order valence-corrected chi connectivity index (χ4v) is 5.32. The van der Waals surface area contributed by atoms with Gasteiger partial charge in [-0.2, -0.15) is 0 Å². The quantitative estimate of drug-likeness (QED) is 0.0710. The van der Waals surface area contributed by atoms with Crippen LogP contribution in [0, 0.1) is 40.5 Å². The highest BCUT2D eigenvalue weighted by molar-refractivity contribution is 8.76. The minimum absolute atomic E-state index is 0.137. The number of hydrogen-bond acceptors (Lipinski definition) is 12. The second-order valence-corrected chi connectivity index (χ2v) is 10.5. The van der Waals surface area contributed by atoms with Crippen molar-refractivity contribution in [2.75, 3.05) is 0 Å². The van der Waals surface area contributed by atoms with Crippen LogP contribution in [0.15, 0.2) is 105 Å². The molecule has 0 radical (unpaired) electrons. The van der Waals surface area contributed by atoms with Gasteiger partial charge < -0.3 is 0 Å². The van der Waals surface area contributed by atoms with Gasteiger partial charge in [-0.3, -0.25) is 50.4 Å². The average molecular weight is 605 g/mol. The van der Waals surface area contributed by atoms with Crippen molar-refractivity contribution in [1.82, 2.24) is 0 Å². The molecule has 0 fully saturated rings. The van der Waals surface area contributed by atoms with Gasteiger partial charge in [-0.15, -0.1) is 0 Å². The van der Waals surface area contributed by atoms with Gasteiger partial charge in [0.15, 0.2) is 0 Å². The molecule has 0 aliphatic heterocycles. The SMILES string of the molecule is O=[N+]([O-])c1ccc(C=Nc2ccc(SSc3ccc(N=Cc4ccc([N+](=O)[O-])cc4[N+](=O)[O-])cc3)cc2)c([N+](=O)[O-])c1. The van der Waals surface area contributed by atoms with Crippen molar-refractivity contribution in [3.8, 4) is 0 Å². The Balaban J connectivity index is 1.36. The van der Waals surface area contributed by atoms with Gasteiger partial charge in [-0.05, 0) is 60.7 Å². The molecule has 0 aromatic heterocycles. The Morgan fingerprint density at radius 3 is 1.17 bits per heavy atom. The summed E-state index contributed by atoms with van der Waals surface area (Å²) in [5, 5.41) is 44.3. The van der Waals surface area contributed by atoms with Crippen molar-refractivity contribution in [3.05, 3.63) is 137 Å². The summed E-state index contributed by atoms with van der Waals surface area (Å²) in [7, 11) is 2.95. The van der Waals surface area contributed by atoms with Crippen molar-refractivity contribution < 1.29 is 19.7 Å². The van der Waals surface area contributed by atoms with E-state index in [1.165, 1.54) is 58.3 Å². The standard InChI is InChI=1S/C26H16N6O8S2/c33-29(34)21-7-1-17(25(13-21)31(37)38)15-27-19-3-9-23(10-4-19)41-42-24-11-5-20(6-12-24)28-16-18-2-8-22(30(35)36)14-26(18)32(39)40/h1-16H. The smallest absolute Gasteiger partial charge is 0.258 e. The van der Waals surface area contributed by atoms with Crippen LogP contribution in [-0.4, -0.2) is 32.1 Å². The third kappa shape index (κ3) is 7.58. The first-order valence-electron chi connectivity index (χ1n) is 11.6. The topological polar surface area (TPSA) is 197 Å². The number of nitro groups is 4. The van der Waals surface area contributed by atoms with E-state index >= 15 is 0 Å². The van der Waals surface area contributed by atoms with Gasteiger partial charge in [0.25, 0.3) is 22.7 Å². The minimum Gasteiger partial charge on any atom is -0.258 e. The van der Waals surface area contributed by atoms with Crippen molar-refractivity contribution >= 4 is 68.1 Å². The molecule has 0 atom stereocenters. The number of rotatable bonds is 11. The normalized spacial score (nSPS) is 11.1. The number of nitrogens with zero attached hydrogens (tertiary/aromatic N) is 6. The van der Waals surface area contributed by atoms with Crippen LogP contribution >= 0.6 is 21.6 Å². The molecule has 210 valence electrons. The first-order valence-corrected chi connectivity index (χ1v) is 13.7. The van der Waals surface area contributed by atoms with Gasteiger partial charge in [-0.1, -0.05) is 21.6 Å². The van der Waals surface area contributed by atoms with Gasteiger partial charge in [0.1, 0.15) is 0 Å². The third-order valence-electron chi connectivity index (χ3n) is 5.46. The summed E-state index contributed by atoms with van der Waals surface area (Å²) in [5.74, 6) is 0. The summed E-state index contributed by atoms with van der Waals surface area (Å²) >= 11 is 0. The summed E-state index contributed by atoms with van der Waals surface area (Å²) in [6.45, 7) is 0. The van der Waals surface area contributed by atoms with Crippen LogP contribution in [0.25, 0.3) is 0 Å². The van der Waals surface area contributed by atoms with Crippen LogP contribution in [0.5, 0.6) is 0 Å². The molecule has 16 heteroatoms. The van der Waals surface area contributed by atoms with Crippen molar-refractivity contribution in [2.24, 2.45) is 9.98 Å². The lowest BCUT2D eigenvalue weighted by atomic mass is 10.2. The van der Waals surface area contributed by atoms with E-state index < -0.39 is 31.1 Å². The highest BCUT2D eigenvalue weighted by Crippen LogP contribution is 2.38. The molecule has 0 unspecified atom stereocenters. The van der Waals surface area contributed by atoms with E-state index in [1.807, 2.05) is 24.3 Å². The van der Waals surface area contributed by atoms with Gasteiger partial charge in [0.05, 0.1) is 54.3 Å². The predicted molar refractivity (Wildman–Crippen MR) is 159 cm³/mol. The van der Waals surface area contributed by atoms with Crippen molar-refractivity contribution in [3.63, 3.8) is 0 Å². The number of non-ortho nitro benzene ring substituents is 2. The average Bonchev–Trinajstić information content (AvgIpc) is 2.98. The summed E-state index contributed by atoms with van der Waals surface area (Å²) in [6.07, 6.45) is 2.56. The molecule has 0 N–H and O–H groups in total. The molecular formula is C26H16N6O8S2. The summed E-state index contributed by atoms with van der Waals surface area (Å²) in [4.78, 5) is 51.8. The maximum atomic E-state index is 11.3. The lowest BCUT2D eigenvalue weighted by molar-refractivity contribution is -0.394. The Kier molecular flexibility index (Phi) is 9.31. The fourth-order valence-electron chi connectivity index (χ4n) is 3.39. The first-order chi connectivity index (χ1) is 20.1. The molecule has 0 amide bonds. The van der Waals surface area contributed by atoms with Gasteiger partial charge in [-0.25, -0.2) is 0 Å². The van der Waals surface area contributed by atoms with Crippen LogP contribution in [-0.2, 0) is 0 Å². The molecule has 0 aliphatic rings. The maximum absolute atomic E-state index is 11.3. The number of benzene rings is 4. The van der Waals surface area contributed by atoms with Crippen molar-refractivity contribution in [1.29, 1.82) is 0 Å². The first kappa shape index (κ1) is 29.5. The van der Waals surface area contributed by atoms with Crippen LogP contribution < -0.4 is 0 Å². The minimum atomic E-state index is -0.703. The zero-order chi connectivity index (χ0) is 30.2. The molecule has 0 aliphatic carbocycles. The predicted octanol–water partition coefficient (Wildman–Crippen LogP) is 7.62. The zero-order valence-electron chi connectivity index (χ0n) is 21.0. The summed E-state index contributed by atoms with van der Waals surface area (Å²) in [5.41, 5.74) is -0.249. The number of nitro benzene ring substituents is 4. The molecule has 4 rings (SSSR count). The molecule has 4 aromatic carbocycles. The molecule has 14 nitrogen and oxygen atoms in total. The van der Waals surface area contributed by atoms with E-state index in [2.05, 4.69) is 9.98 Å². The summed E-state index contributed by atoms with van der Waals surface area (Å²) in [6, 6.07) is 20.9. The Morgan fingerprint density at radius 2 is 0.857 bits per heavy atom. The molecule has 42 heavy (non-hydrogen) atoms. The molecule has 4 aromatic rings. The third-order valence-corrected chi connectivity index (χ3v) is 7.87. The highest BCUT2D eigenvalue weighted by Gasteiger charge is 2.19. The Bertz CT molecular complexity index is 1620. The molecule has 0 heterocycles. The number of hydrogen-bond donors (Lipinski definition) is 0. The van der Waals surface area contributed by atoms with Gasteiger partial charge >= 0.3 is 0 Å². The molecule has 0 spiro atoms.